The predicted octanol–water partition coefficient (Wildman–Crippen LogP) is 1.23. The molecule has 2 unspecified atom stereocenters. The van der Waals surface area contributed by atoms with E-state index in [0.717, 1.165) is 5.56 Å². The minimum atomic E-state index is -0.992. The molecule has 2 fully saturated rings. The van der Waals surface area contributed by atoms with Gasteiger partial charge in [0.15, 0.2) is 6.04 Å². The van der Waals surface area contributed by atoms with Gasteiger partial charge in [-0.25, -0.2) is 9.78 Å². The van der Waals surface area contributed by atoms with E-state index in [1.54, 1.807) is 19.4 Å². The van der Waals surface area contributed by atoms with E-state index < -0.39 is 42.1 Å². The van der Waals surface area contributed by atoms with E-state index in [0.29, 0.717) is 18.7 Å². The Balaban J connectivity index is 1.54. The zero-order chi connectivity index (χ0) is 24.4. The SMILES string of the molecule is CC1OC(=O)N(Cc2ccccc2)C1C(=O)NC(=O)[C@@H]1[C@@H](c2cscn2)CCN1C(=O)[C@H](C)N. The van der Waals surface area contributed by atoms with Crippen LogP contribution in [0.25, 0.3) is 0 Å². The summed E-state index contributed by atoms with van der Waals surface area (Å²) in [4.78, 5) is 58.8. The number of thiazole rings is 1. The maximum atomic E-state index is 13.4. The van der Waals surface area contributed by atoms with E-state index in [-0.39, 0.29) is 18.4 Å². The molecule has 0 aliphatic carbocycles. The lowest BCUT2D eigenvalue weighted by molar-refractivity contribution is -0.142. The van der Waals surface area contributed by atoms with Crippen LogP contribution in [0.2, 0.25) is 0 Å². The van der Waals surface area contributed by atoms with Crippen LogP contribution in [-0.4, -0.2) is 69.4 Å². The molecule has 34 heavy (non-hydrogen) atoms. The molecule has 180 valence electrons. The first-order valence-corrected chi connectivity index (χ1v) is 12.0. The van der Waals surface area contributed by atoms with E-state index in [1.807, 2.05) is 35.7 Å². The van der Waals surface area contributed by atoms with Crippen molar-refractivity contribution in [2.75, 3.05) is 6.54 Å². The number of ether oxygens (including phenoxy) is 1. The van der Waals surface area contributed by atoms with Crippen molar-refractivity contribution in [2.24, 2.45) is 5.73 Å². The molecule has 2 aliphatic rings. The zero-order valence-electron chi connectivity index (χ0n) is 18.9. The Morgan fingerprint density at radius 1 is 1.24 bits per heavy atom. The minimum absolute atomic E-state index is 0.163. The van der Waals surface area contributed by atoms with Crippen molar-refractivity contribution in [3.8, 4) is 0 Å². The number of aromatic nitrogens is 1. The smallest absolute Gasteiger partial charge is 0.411 e. The van der Waals surface area contributed by atoms with Gasteiger partial charge in [-0.3, -0.25) is 24.6 Å². The molecule has 1 aromatic heterocycles. The number of nitrogens with one attached hydrogen (secondary N) is 1. The van der Waals surface area contributed by atoms with Crippen molar-refractivity contribution in [1.82, 2.24) is 20.1 Å². The average Bonchev–Trinajstić information content (AvgIpc) is 3.53. The highest BCUT2D eigenvalue weighted by atomic mass is 32.1. The summed E-state index contributed by atoms with van der Waals surface area (Å²) in [6.45, 7) is 3.66. The molecule has 3 heterocycles. The van der Waals surface area contributed by atoms with Gasteiger partial charge in [-0.2, -0.15) is 0 Å². The number of amides is 4. The van der Waals surface area contributed by atoms with Crippen LogP contribution in [0.15, 0.2) is 41.2 Å². The molecule has 2 saturated heterocycles. The van der Waals surface area contributed by atoms with Gasteiger partial charge in [0.05, 0.1) is 23.8 Å². The summed E-state index contributed by atoms with van der Waals surface area (Å²) >= 11 is 1.39. The first-order chi connectivity index (χ1) is 16.3. The van der Waals surface area contributed by atoms with Crippen LogP contribution in [0.1, 0.15) is 37.4 Å². The number of imide groups is 1. The summed E-state index contributed by atoms with van der Waals surface area (Å²) in [5.74, 6) is -2.01. The van der Waals surface area contributed by atoms with Crippen LogP contribution >= 0.6 is 11.3 Å². The largest absolute Gasteiger partial charge is 0.444 e. The second kappa shape index (κ2) is 9.90. The zero-order valence-corrected chi connectivity index (χ0v) is 19.7. The first-order valence-electron chi connectivity index (χ1n) is 11.1. The molecule has 1 aromatic carbocycles. The minimum Gasteiger partial charge on any atom is -0.444 e. The maximum absolute atomic E-state index is 13.4. The fourth-order valence-electron chi connectivity index (χ4n) is 4.57. The molecule has 10 nitrogen and oxygen atoms in total. The normalized spacial score (nSPS) is 25.2. The van der Waals surface area contributed by atoms with Crippen LogP contribution in [0.5, 0.6) is 0 Å². The fourth-order valence-corrected chi connectivity index (χ4v) is 5.18. The summed E-state index contributed by atoms with van der Waals surface area (Å²) in [7, 11) is 0. The number of nitrogens with zero attached hydrogens (tertiary/aromatic N) is 3. The lowest BCUT2D eigenvalue weighted by atomic mass is 9.96. The van der Waals surface area contributed by atoms with Crippen molar-refractivity contribution in [1.29, 1.82) is 0 Å². The van der Waals surface area contributed by atoms with Crippen LogP contribution in [0.3, 0.4) is 0 Å². The van der Waals surface area contributed by atoms with Gasteiger partial charge in [-0.15, -0.1) is 11.3 Å². The van der Waals surface area contributed by atoms with Gasteiger partial charge >= 0.3 is 6.09 Å². The first kappa shape index (κ1) is 23.8. The van der Waals surface area contributed by atoms with Crippen LogP contribution in [0, 0.1) is 0 Å². The number of carbonyl (C=O) groups is 4. The monoisotopic (exact) mass is 485 g/mol. The molecule has 5 atom stereocenters. The van der Waals surface area contributed by atoms with Crippen LogP contribution in [-0.2, 0) is 25.7 Å². The van der Waals surface area contributed by atoms with E-state index in [1.165, 1.54) is 21.1 Å². The number of nitrogens with two attached hydrogens (primary N) is 1. The lowest BCUT2D eigenvalue weighted by Crippen LogP contribution is -2.56. The molecule has 11 heteroatoms. The molecule has 4 rings (SSSR count). The van der Waals surface area contributed by atoms with Gasteiger partial charge < -0.3 is 15.4 Å². The number of benzene rings is 1. The molecule has 2 aliphatic heterocycles. The van der Waals surface area contributed by atoms with Crippen molar-refractivity contribution in [3.63, 3.8) is 0 Å². The molecular weight excluding hydrogens is 458 g/mol. The summed E-state index contributed by atoms with van der Waals surface area (Å²) in [6, 6.07) is 6.49. The number of rotatable bonds is 6. The number of likely N-dealkylation sites (tertiary alicyclic amines) is 1. The molecule has 3 N–H and O–H groups in total. The quantitative estimate of drug-likeness (QED) is 0.588. The predicted molar refractivity (Wildman–Crippen MR) is 123 cm³/mol. The fraction of sp³-hybridized carbons (Fsp3) is 0.435. The number of carbonyl (C=O) groups excluding carboxylic acids is 4. The Labute approximate surface area is 201 Å². The van der Waals surface area contributed by atoms with Crippen LogP contribution < -0.4 is 11.1 Å². The van der Waals surface area contributed by atoms with Gasteiger partial charge in [0.1, 0.15) is 12.1 Å². The standard InChI is InChI=1S/C23H27N5O5S/c1-13(24)22(31)27-9-8-16(17-11-34-12-25-17)19(27)21(30)26-20(29)18-14(2)33-23(32)28(18)10-15-6-4-3-5-7-15/h3-7,11-14,16,18-19H,8-10,24H2,1-2H3,(H,26,29,30)/t13-,14?,16+,18?,19-/m0/s1. The van der Waals surface area contributed by atoms with Gasteiger partial charge in [0.25, 0.3) is 5.91 Å². The molecule has 2 aromatic rings. The Morgan fingerprint density at radius 3 is 2.59 bits per heavy atom. The van der Waals surface area contributed by atoms with Gasteiger partial charge in [0, 0.05) is 17.8 Å². The third-order valence-corrected chi connectivity index (χ3v) is 6.79. The second-order valence-electron chi connectivity index (χ2n) is 8.57. The number of hydrogen-bond acceptors (Lipinski definition) is 8. The Kier molecular flexibility index (Phi) is 6.94. The molecular formula is C23H27N5O5S. The van der Waals surface area contributed by atoms with Gasteiger partial charge in [-0.1, -0.05) is 30.3 Å². The number of cyclic esters (lactones) is 1. The van der Waals surface area contributed by atoms with E-state index in [4.69, 9.17) is 10.5 Å². The topological polar surface area (TPSA) is 135 Å². The van der Waals surface area contributed by atoms with E-state index in [9.17, 15) is 19.2 Å². The average molecular weight is 486 g/mol. The van der Waals surface area contributed by atoms with Crippen molar-refractivity contribution in [3.05, 3.63) is 52.5 Å². The highest BCUT2D eigenvalue weighted by molar-refractivity contribution is 7.07. The maximum Gasteiger partial charge on any atom is 0.411 e. The molecule has 0 saturated carbocycles. The van der Waals surface area contributed by atoms with E-state index in [2.05, 4.69) is 10.3 Å². The second-order valence-corrected chi connectivity index (χ2v) is 9.29. The summed E-state index contributed by atoms with van der Waals surface area (Å²) in [6.07, 6.45) is -0.849. The molecule has 0 spiro atoms. The third kappa shape index (κ3) is 4.66. The molecule has 0 bridgehead atoms. The Morgan fingerprint density at radius 2 is 1.94 bits per heavy atom. The third-order valence-electron chi connectivity index (χ3n) is 6.18. The molecule has 0 radical (unpaired) electrons. The highest BCUT2D eigenvalue weighted by Gasteiger charge is 2.48. The Bertz CT molecular complexity index is 1060. The van der Waals surface area contributed by atoms with Crippen molar-refractivity contribution >= 4 is 35.2 Å². The highest BCUT2D eigenvalue weighted by Crippen LogP contribution is 2.34. The summed E-state index contributed by atoms with van der Waals surface area (Å²) in [5, 5.41) is 4.27. The van der Waals surface area contributed by atoms with Gasteiger partial charge in [0.2, 0.25) is 11.8 Å². The summed E-state index contributed by atoms with van der Waals surface area (Å²) in [5.41, 5.74) is 8.98. The Hall–Kier alpha value is -3.31. The lowest BCUT2D eigenvalue weighted by Gasteiger charge is -2.29. The van der Waals surface area contributed by atoms with Crippen LogP contribution in [0.4, 0.5) is 4.79 Å². The van der Waals surface area contributed by atoms with Crippen molar-refractivity contribution < 1.29 is 23.9 Å². The van der Waals surface area contributed by atoms with Crippen molar-refractivity contribution in [2.45, 2.75) is 57.0 Å². The van der Waals surface area contributed by atoms with Gasteiger partial charge in [-0.05, 0) is 25.8 Å². The summed E-state index contributed by atoms with van der Waals surface area (Å²) < 4.78 is 5.28. The van der Waals surface area contributed by atoms with E-state index >= 15 is 0 Å². The number of hydrogen-bond donors (Lipinski definition) is 2. The molecule has 4 amide bonds.